The Balaban J connectivity index is 1.97. The summed E-state index contributed by atoms with van der Waals surface area (Å²) in [5.74, 6) is -0.979. The quantitative estimate of drug-likeness (QED) is 0.624. The third kappa shape index (κ3) is 6.54. The maximum atomic E-state index is 12.2. The van der Waals surface area contributed by atoms with Crippen molar-refractivity contribution in [1.29, 1.82) is 0 Å². The smallest absolute Gasteiger partial charge is 0.405 e. The van der Waals surface area contributed by atoms with Gasteiger partial charge in [-0.05, 0) is 59.0 Å². The molecule has 0 aliphatic heterocycles. The van der Waals surface area contributed by atoms with Gasteiger partial charge in [0.2, 0.25) is 0 Å². The van der Waals surface area contributed by atoms with Crippen LogP contribution in [0.5, 0.6) is 5.75 Å². The number of alkyl halides is 3. The van der Waals surface area contributed by atoms with Gasteiger partial charge in [-0.15, -0.1) is 0 Å². The normalized spacial score (nSPS) is 10.9. The van der Waals surface area contributed by atoms with E-state index < -0.39 is 24.5 Å². The van der Waals surface area contributed by atoms with Crippen LogP contribution >= 0.6 is 22.6 Å². The van der Waals surface area contributed by atoms with Gasteiger partial charge in [0.05, 0.1) is 11.3 Å². The molecule has 2 amide bonds. The van der Waals surface area contributed by atoms with E-state index in [0.29, 0.717) is 5.75 Å². The van der Waals surface area contributed by atoms with Crippen molar-refractivity contribution in [1.82, 2.24) is 5.32 Å². The average Bonchev–Trinajstić information content (AvgIpc) is 2.59. The first-order valence-corrected chi connectivity index (χ1v) is 8.45. The molecule has 0 unspecified atom stereocenters. The van der Waals surface area contributed by atoms with Crippen molar-refractivity contribution in [3.05, 3.63) is 57.7 Å². The van der Waals surface area contributed by atoms with Gasteiger partial charge in [0.1, 0.15) is 12.3 Å². The molecule has 0 bridgehead atoms. The molecule has 0 aliphatic carbocycles. The molecule has 0 radical (unpaired) electrons. The summed E-state index contributed by atoms with van der Waals surface area (Å²) in [6, 6.07) is 12.8. The molecule has 2 aromatic rings. The summed E-state index contributed by atoms with van der Waals surface area (Å²) in [4.78, 5) is 23.9. The highest BCUT2D eigenvalue weighted by Gasteiger charge is 2.28. The summed E-state index contributed by atoms with van der Waals surface area (Å²) in [7, 11) is 0. The number of hydrogen-bond donors (Lipinski definition) is 2. The highest BCUT2D eigenvalue weighted by molar-refractivity contribution is 14.1. The van der Waals surface area contributed by atoms with E-state index in [4.69, 9.17) is 4.74 Å². The number of ether oxygens (including phenoxy) is 1. The second-order valence-electron chi connectivity index (χ2n) is 5.13. The molecule has 0 aliphatic rings. The Morgan fingerprint density at radius 3 is 2.35 bits per heavy atom. The number of hydrogen-bond acceptors (Lipinski definition) is 3. The summed E-state index contributed by atoms with van der Waals surface area (Å²) < 4.78 is 43.0. The van der Waals surface area contributed by atoms with E-state index in [9.17, 15) is 22.8 Å². The van der Waals surface area contributed by atoms with E-state index in [1.165, 1.54) is 18.2 Å². The lowest BCUT2D eigenvalue weighted by Gasteiger charge is -2.13. The number of rotatable bonds is 6. The topological polar surface area (TPSA) is 67.4 Å². The Morgan fingerprint density at radius 2 is 1.69 bits per heavy atom. The van der Waals surface area contributed by atoms with Crippen LogP contribution in [-0.2, 0) is 4.79 Å². The lowest BCUT2D eigenvalue weighted by molar-refractivity contribution is -0.123. The van der Waals surface area contributed by atoms with Crippen LogP contribution in [0.1, 0.15) is 10.4 Å². The summed E-state index contributed by atoms with van der Waals surface area (Å²) in [5.41, 5.74) is 0.0303. The number of carbonyl (C=O) groups is 2. The maximum absolute atomic E-state index is 12.2. The highest BCUT2D eigenvalue weighted by atomic mass is 127. The van der Waals surface area contributed by atoms with Crippen LogP contribution in [0.15, 0.2) is 48.5 Å². The first-order valence-electron chi connectivity index (χ1n) is 7.37. The average molecular weight is 478 g/mol. The standard InChI is InChI=1S/C17H14F3IN2O3/c18-17(19,20)10-22-16(25)13-3-1-2-4-14(13)23-15(24)9-26-12-7-5-11(21)6-8-12/h1-8H,9-10H2,(H,22,25)(H,23,24). The number of amides is 2. The molecule has 0 fully saturated rings. The summed E-state index contributed by atoms with van der Waals surface area (Å²) in [5, 5.41) is 4.23. The molecule has 0 saturated carbocycles. The lowest BCUT2D eigenvalue weighted by atomic mass is 10.1. The Hall–Kier alpha value is -2.30. The molecule has 138 valence electrons. The predicted molar refractivity (Wildman–Crippen MR) is 98.1 cm³/mol. The van der Waals surface area contributed by atoms with Gasteiger partial charge in [0.25, 0.3) is 11.8 Å². The molecule has 2 rings (SSSR count). The molecule has 0 saturated heterocycles. The molecule has 5 nitrogen and oxygen atoms in total. The van der Waals surface area contributed by atoms with Gasteiger partial charge in [-0.1, -0.05) is 12.1 Å². The molecule has 2 N–H and O–H groups in total. The fraction of sp³-hybridized carbons (Fsp3) is 0.176. The van der Waals surface area contributed by atoms with Crippen LogP contribution in [0.4, 0.5) is 18.9 Å². The molecule has 0 aromatic heterocycles. The predicted octanol–water partition coefficient (Wildman–Crippen LogP) is 3.60. The lowest BCUT2D eigenvalue weighted by Crippen LogP contribution is -2.34. The zero-order valence-electron chi connectivity index (χ0n) is 13.3. The summed E-state index contributed by atoms with van der Waals surface area (Å²) in [6.07, 6.45) is -4.52. The SMILES string of the molecule is O=C(COc1ccc(I)cc1)Nc1ccccc1C(=O)NCC(F)(F)F. The van der Waals surface area contributed by atoms with E-state index in [-0.39, 0.29) is 17.9 Å². The third-order valence-electron chi connectivity index (χ3n) is 3.08. The Bertz CT molecular complexity index is 780. The number of para-hydroxylation sites is 1. The van der Waals surface area contributed by atoms with Crippen LogP contribution in [0.3, 0.4) is 0 Å². The van der Waals surface area contributed by atoms with Crippen molar-refractivity contribution in [2.45, 2.75) is 6.18 Å². The number of carbonyl (C=O) groups excluding carboxylic acids is 2. The van der Waals surface area contributed by atoms with Gasteiger partial charge in [0.15, 0.2) is 6.61 Å². The van der Waals surface area contributed by atoms with E-state index in [1.54, 1.807) is 23.5 Å². The molecule has 26 heavy (non-hydrogen) atoms. The summed E-state index contributed by atoms with van der Waals surface area (Å²) >= 11 is 2.13. The van der Waals surface area contributed by atoms with Crippen molar-refractivity contribution in [3.8, 4) is 5.75 Å². The largest absolute Gasteiger partial charge is 0.484 e. The monoisotopic (exact) mass is 478 g/mol. The fourth-order valence-corrected chi connectivity index (χ4v) is 2.29. The van der Waals surface area contributed by atoms with E-state index in [1.807, 2.05) is 12.1 Å². The van der Waals surface area contributed by atoms with Gasteiger partial charge in [0, 0.05) is 3.57 Å². The highest BCUT2D eigenvalue weighted by Crippen LogP contribution is 2.17. The van der Waals surface area contributed by atoms with Gasteiger partial charge in [-0.2, -0.15) is 13.2 Å². The Labute approximate surface area is 161 Å². The van der Waals surface area contributed by atoms with Crippen LogP contribution in [0, 0.1) is 3.57 Å². The molecule has 2 aromatic carbocycles. The zero-order valence-corrected chi connectivity index (χ0v) is 15.4. The van der Waals surface area contributed by atoms with Crippen molar-refractivity contribution >= 4 is 40.1 Å². The van der Waals surface area contributed by atoms with Gasteiger partial charge >= 0.3 is 6.18 Å². The first kappa shape index (κ1) is 20.0. The van der Waals surface area contributed by atoms with Crippen LogP contribution < -0.4 is 15.4 Å². The van der Waals surface area contributed by atoms with Gasteiger partial charge in [-0.25, -0.2) is 0 Å². The molecular weight excluding hydrogens is 464 g/mol. The molecule has 0 heterocycles. The number of nitrogens with one attached hydrogen (secondary N) is 2. The summed E-state index contributed by atoms with van der Waals surface area (Å²) in [6.45, 7) is -1.76. The van der Waals surface area contributed by atoms with Crippen LogP contribution in [0.25, 0.3) is 0 Å². The van der Waals surface area contributed by atoms with Gasteiger partial charge < -0.3 is 15.4 Å². The molecule has 0 spiro atoms. The minimum atomic E-state index is -4.52. The van der Waals surface area contributed by atoms with E-state index in [0.717, 1.165) is 3.57 Å². The minimum absolute atomic E-state index is 0.0700. The van der Waals surface area contributed by atoms with Crippen molar-refractivity contribution in [3.63, 3.8) is 0 Å². The van der Waals surface area contributed by atoms with Gasteiger partial charge in [-0.3, -0.25) is 9.59 Å². The van der Waals surface area contributed by atoms with Crippen LogP contribution in [-0.4, -0.2) is 31.1 Å². The third-order valence-corrected chi connectivity index (χ3v) is 3.80. The Kier molecular flexibility index (Phi) is 6.83. The molecule has 0 atom stereocenters. The van der Waals surface area contributed by atoms with E-state index in [2.05, 4.69) is 27.9 Å². The minimum Gasteiger partial charge on any atom is -0.484 e. The van der Waals surface area contributed by atoms with Crippen molar-refractivity contribution < 1.29 is 27.5 Å². The second-order valence-corrected chi connectivity index (χ2v) is 6.38. The maximum Gasteiger partial charge on any atom is 0.405 e. The number of halogens is 4. The zero-order chi connectivity index (χ0) is 19.2. The van der Waals surface area contributed by atoms with E-state index >= 15 is 0 Å². The number of benzene rings is 2. The fourth-order valence-electron chi connectivity index (χ4n) is 1.93. The molecule has 9 heteroatoms. The second kappa shape index (κ2) is 8.88. The number of anilines is 1. The van der Waals surface area contributed by atoms with Crippen molar-refractivity contribution in [2.24, 2.45) is 0 Å². The van der Waals surface area contributed by atoms with Crippen molar-refractivity contribution in [2.75, 3.05) is 18.5 Å². The first-order chi connectivity index (χ1) is 12.2. The molecular formula is C17H14F3IN2O3. The Morgan fingerprint density at radius 1 is 1.04 bits per heavy atom. The van der Waals surface area contributed by atoms with Crippen LogP contribution in [0.2, 0.25) is 0 Å².